The minimum atomic E-state index is 0.514. The Hall–Kier alpha value is -0.460. The molecule has 0 spiro atoms. The van der Waals surface area contributed by atoms with Crippen molar-refractivity contribution in [3.63, 3.8) is 0 Å². The third-order valence-corrected chi connectivity index (χ3v) is 1.63. The Bertz CT molecular complexity index is 96.7. The van der Waals surface area contributed by atoms with Crippen molar-refractivity contribution in [2.24, 2.45) is 0 Å². The van der Waals surface area contributed by atoms with E-state index >= 15 is 0 Å². The molecule has 1 heterocycles. The predicted molar refractivity (Wildman–Crippen MR) is 38.2 cm³/mol. The molecule has 0 fully saturated rings. The van der Waals surface area contributed by atoms with E-state index in [1.807, 2.05) is 6.26 Å². The molecule has 0 amide bonds. The first kappa shape index (κ1) is 6.66. The molecule has 0 aromatic rings. The van der Waals surface area contributed by atoms with Crippen molar-refractivity contribution >= 4 is 0 Å². The highest BCUT2D eigenvalue weighted by Gasteiger charge is 2.07. The van der Waals surface area contributed by atoms with Gasteiger partial charge in [-0.05, 0) is 25.3 Å². The molecule has 1 aliphatic rings. The summed E-state index contributed by atoms with van der Waals surface area (Å²) in [6, 6.07) is 0. The molecule has 1 rings (SSSR count). The molecule has 0 radical (unpaired) electrons. The fraction of sp³-hybridized carbons (Fsp3) is 0.750. The second-order valence-corrected chi connectivity index (χ2v) is 2.50. The summed E-state index contributed by atoms with van der Waals surface area (Å²) in [6.45, 7) is 2.20. The fourth-order valence-corrected chi connectivity index (χ4v) is 1.12. The Morgan fingerprint density at radius 3 is 3.11 bits per heavy atom. The van der Waals surface area contributed by atoms with E-state index in [0.717, 1.165) is 0 Å². The summed E-state index contributed by atoms with van der Waals surface area (Å²) >= 11 is 0. The maximum absolute atomic E-state index is 5.34. The minimum absolute atomic E-state index is 0.514. The molecule has 9 heavy (non-hydrogen) atoms. The Morgan fingerprint density at radius 1 is 1.67 bits per heavy atom. The van der Waals surface area contributed by atoms with Crippen LogP contribution in [0.15, 0.2) is 12.3 Å². The molecular weight excluding hydrogens is 112 g/mol. The topological polar surface area (TPSA) is 9.23 Å². The van der Waals surface area contributed by atoms with Gasteiger partial charge in [0.25, 0.3) is 0 Å². The zero-order chi connectivity index (χ0) is 6.53. The van der Waals surface area contributed by atoms with Gasteiger partial charge in [-0.3, -0.25) is 0 Å². The molecule has 0 saturated heterocycles. The average molecular weight is 126 g/mol. The first-order valence-electron chi connectivity index (χ1n) is 3.74. The average Bonchev–Trinajstić information content (AvgIpc) is 1.91. The Kier molecular flexibility index (Phi) is 2.62. The van der Waals surface area contributed by atoms with Gasteiger partial charge in [0, 0.05) is 0 Å². The molecule has 1 nitrogen and oxygen atoms in total. The lowest BCUT2D eigenvalue weighted by Gasteiger charge is -2.17. The zero-order valence-electron chi connectivity index (χ0n) is 5.97. The minimum Gasteiger partial charge on any atom is -0.498 e. The molecule has 0 bridgehead atoms. The largest absolute Gasteiger partial charge is 0.498 e. The lowest BCUT2D eigenvalue weighted by atomic mass is 10.1. The maximum Gasteiger partial charge on any atom is 0.0981 e. The molecule has 0 aliphatic carbocycles. The van der Waals surface area contributed by atoms with Crippen LogP contribution in [0.3, 0.4) is 0 Å². The SMILES string of the molecule is CCCC1CCC=CO1. The van der Waals surface area contributed by atoms with Crippen LogP contribution in [0.2, 0.25) is 0 Å². The highest BCUT2D eigenvalue weighted by Crippen LogP contribution is 2.14. The van der Waals surface area contributed by atoms with Gasteiger partial charge in [0.05, 0.1) is 12.4 Å². The first-order valence-corrected chi connectivity index (χ1v) is 3.74. The molecule has 1 heteroatoms. The Labute approximate surface area is 56.7 Å². The van der Waals surface area contributed by atoms with Crippen molar-refractivity contribution in [3.05, 3.63) is 12.3 Å². The number of rotatable bonds is 2. The lowest BCUT2D eigenvalue weighted by molar-refractivity contribution is 0.115. The van der Waals surface area contributed by atoms with E-state index in [9.17, 15) is 0 Å². The highest BCUT2D eigenvalue weighted by atomic mass is 16.5. The highest BCUT2D eigenvalue weighted by molar-refractivity contribution is 4.81. The molecule has 0 saturated carbocycles. The summed E-state index contributed by atoms with van der Waals surface area (Å²) in [5.41, 5.74) is 0. The molecule has 0 N–H and O–H groups in total. The van der Waals surface area contributed by atoms with Gasteiger partial charge in [0.15, 0.2) is 0 Å². The number of hydrogen-bond acceptors (Lipinski definition) is 1. The first-order chi connectivity index (χ1) is 4.43. The van der Waals surface area contributed by atoms with Crippen molar-refractivity contribution < 1.29 is 4.74 Å². The van der Waals surface area contributed by atoms with Crippen LogP contribution in [0.5, 0.6) is 0 Å². The monoisotopic (exact) mass is 126 g/mol. The van der Waals surface area contributed by atoms with Gasteiger partial charge in [0.2, 0.25) is 0 Å². The summed E-state index contributed by atoms with van der Waals surface area (Å²) in [7, 11) is 0. The summed E-state index contributed by atoms with van der Waals surface area (Å²) in [5.74, 6) is 0. The summed E-state index contributed by atoms with van der Waals surface area (Å²) < 4.78 is 5.34. The van der Waals surface area contributed by atoms with E-state index in [2.05, 4.69) is 13.0 Å². The Balaban J connectivity index is 2.18. The van der Waals surface area contributed by atoms with Crippen LogP contribution >= 0.6 is 0 Å². The standard InChI is InChI=1S/C8H14O/c1-2-5-8-6-3-4-7-9-8/h4,7-8H,2-3,5-6H2,1H3. The van der Waals surface area contributed by atoms with E-state index in [4.69, 9.17) is 4.74 Å². The molecule has 52 valence electrons. The van der Waals surface area contributed by atoms with Gasteiger partial charge in [-0.15, -0.1) is 0 Å². The van der Waals surface area contributed by atoms with Gasteiger partial charge in [0.1, 0.15) is 0 Å². The van der Waals surface area contributed by atoms with Crippen molar-refractivity contribution in [1.29, 1.82) is 0 Å². The van der Waals surface area contributed by atoms with Crippen molar-refractivity contribution in [2.75, 3.05) is 0 Å². The second-order valence-electron chi connectivity index (χ2n) is 2.50. The molecule has 1 unspecified atom stereocenters. The molecule has 0 aromatic carbocycles. The lowest BCUT2D eigenvalue weighted by Crippen LogP contribution is -2.11. The van der Waals surface area contributed by atoms with Crippen LogP contribution in [0.25, 0.3) is 0 Å². The van der Waals surface area contributed by atoms with Crippen molar-refractivity contribution in [1.82, 2.24) is 0 Å². The van der Waals surface area contributed by atoms with Gasteiger partial charge >= 0.3 is 0 Å². The zero-order valence-corrected chi connectivity index (χ0v) is 5.97. The van der Waals surface area contributed by atoms with Gasteiger partial charge in [-0.25, -0.2) is 0 Å². The third kappa shape index (κ3) is 2.08. The molecule has 0 aromatic heterocycles. The van der Waals surface area contributed by atoms with Crippen LogP contribution < -0.4 is 0 Å². The van der Waals surface area contributed by atoms with Crippen molar-refractivity contribution in [3.8, 4) is 0 Å². The van der Waals surface area contributed by atoms with Gasteiger partial charge in [-0.1, -0.05) is 13.3 Å². The number of allylic oxidation sites excluding steroid dienone is 1. The third-order valence-electron chi connectivity index (χ3n) is 1.63. The van der Waals surface area contributed by atoms with E-state index in [-0.39, 0.29) is 0 Å². The molecule has 1 atom stereocenters. The second kappa shape index (κ2) is 3.54. The smallest absolute Gasteiger partial charge is 0.0981 e. The summed E-state index contributed by atoms with van der Waals surface area (Å²) in [6.07, 6.45) is 9.30. The maximum atomic E-state index is 5.34. The van der Waals surface area contributed by atoms with Gasteiger partial charge < -0.3 is 4.74 Å². The fourth-order valence-electron chi connectivity index (χ4n) is 1.12. The van der Waals surface area contributed by atoms with Crippen molar-refractivity contribution in [2.45, 2.75) is 38.7 Å². The van der Waals surface area contributed by atoms with E-state index in [1.165, 1.54) is 25.7 Å². The van der Waals surface area contributed by atoms with E-state index in [0.29, 0.717) is 6.10 Å². The molecule has 1 aliphatic heterocycles. The Morgan fingerprint density at radius 2 is 2.56 bits per heavy atom. The summed E-state index contributed by atoms with van der Waals surface area (Å²) in [5, 5.41) is 0. The van der Waals surface area contributed by atoms with Crippen LogP contribution in [-0.2, 0) is 4.74 Å². The van der Waals surface area contributed by atoms with E-state index in [1.54, 1.807) is 0 Å². The van der Waals surface area contributed by atoms with Crippen LogP contribution in [0.4, 0.5) is 0 Å². The van der Waals surface area contributed by atoms with Crippen LogP contribution in [0, 0.1) is 0 Å². The van der Waals surface area contributed by atoms with E-state index < -0.39 is 0 Å². The number of ether oxygens (including phenoxy) is 1. The normalized spacial score (nSPS) is 25.7. The predicted octanol–water partition coefficient (Wildman–Crippen LogP) is 2.48. The van der Waals surface area contributed by atoms with Crippen LogP contribution in [-0.4, -0.2) is 6.10 Å². The summed E-state index contributed by atoms with van der Waals surface area (Å²) in [4.78, 5) is 0. The number of hydrogen-bond donors (Lipinski definition) is 0. The van der Waals surface area contributed by atoms with Crippen LogP contribution in [0.1, 0.15) is 32.6 Å². The molecular formula is C8H14O. The van der Waals surface area contributed by atoms with Gasteiger partial charge in [-0.2, -0.15) is 0 Å². The quantitative estimate of drug-likeness (QED) is 0.552.